The number of carbonyl (C=O) groups is 1. The first-order chi connectivity index (χ1) is 7.58. The van der Waals surface area contributed by atoms with Crippen LogP contribution in [0.1, 0.15) is 37.2 Å². The smallest absolute Gasteiger partial charge is 0.270 e. The van der Waals surface area contributed by atoms with Gasteiger partial charge in [-0.05, 0) is 38.7 Å². The summed E-state index contributed by atoms with van der Waals surface area (Å²) in [7, 11) is 0. The van der Waals surface area contributed by atoms with E-state index in [0.29, 0.717) is 17.3 Å². The van der Waals surface area contributed by atoms with Gasteiger partial charge in [0.05, 0.1) is 0 Å². The van der Waals surface area contributed by atoms with E-state index in [1.807, 2.05) is 18.7 Å². The minimum Gasteiger partial charge on any atom is -0.397 e. The summed E-state index contributed by atoms with van der Waals surface area (Å²) in [5.41, 5.74) is 6.80. The normalized spacial score (nSPS) is 15.4. The molecule has 1 aliphatic rings. The third-order valence-electron chi connectivity index (χ3n) is 2.97. The van der Waals surface area contributed by atoms with Crippen molar-refractivity contribution in [3.05, 3.63) is 18.0 Å². The number of nitrogens with zero attached hydrogens (tertiary/aromatic N) is 1. The molecule has 1 aromatic heterocycles. The standard InChI is InChI=1S/C12H19N3O/c1-8(2)15(7-9-3-4-9)12(16)11-5-10(13)6-14-11/h5-6,8-9,14H,3-4,7,13H2,1-2H3. The molecule has 1 amide bonds. The Bertz CT molecular complexity index is 379. The summed E-state index contributed by atoms with van der Waals surface area (Å²) in [5.74, 6) is 0.761. The van der Waals surface area contributed by atoms with E-state index in [-0.39, 0.29) is 11.9 Å². The van der Waals surface area contributed by atoms with Crippen molar-refractivity contribution in [2.24, 2.45) is 5.92 Å². The Balaban J connectivity index is 2.09. The second-order valence-electron chi connectivity index (χ2n) is 4.84. The van der Waals surface area contributed by atoms with E-state index in [9.17, 15) is 4.79 Å². The van der Waals surface area contributed by atoms with Crippen LogP contribution in [-0.2, 0) is 0 Å². The minimum atomic E-state index is 0.0543. The van der Waals surface area contributed by atoms with Crippen LogP contribution in [-0.4, -0.2) is 28.4 Å². The van der Waals surface area contributed by atoms with Crippen LogP contribution in [0.25, 0.3) is 0 Å². The van der Waals surface area contributed by atoms with Crippen molar-refractivity contribution in [3.8, 4) is 0 Å². The molecule has 0 atom stereocenters. The van der Waals surface area contributed by atoms with Gasteiger partial charge in [-0.25, -0.2) is 0 Å². The van der Waals surface area contributed by atoms with E-state index in [1.54, 1.807) is 12.3 Å². The van der Waals surface area contributed by atoms with Crippen molar-refractivity contribution in [1.29, 1.82) is 0 Å². The van der Waals surface area contributed by atoms with E-state index in [1.165, 1.54) is 12.8 Å². The van der Waals surface area contributed by atoms with Crippen LogP contribution in [0, 0.1) is 5.92 Å². The number of nitrogens with two attached hydrogens (primary N) is 1. The molecule has 1 saturated carbocycles. The molecule has 0 aromatic carbocycles. The van der Waals surface area contributed by atoms with Crippen molar-refractivity contribution in [2.75, 3.05) is 12.3 Å². The average Bonchev–Trinajstić information content (AvgIpc) is 2.95. The zero-order chi connectivity index (χ0) is 11.7. The Morgan fingerprint density at radius 2 is 2.31 bits per heavy atom. The van der Waals surface area contributed by atoms with E-state index < -0.39 is 0 Å². The van der Waals surface area contributed by atoms with Gasteiger partial charge in [-0.1, -0.05) is 0 Å². The fourth-order valence-corrected chi connectivity index (χ4v) is 1.80. The highest BCUT2D eigenvalue weighted by Gasteiger charge is 2.29. The molecule has 0 bridgehead atoms. The summed E-state index contributed by atoms with van der Waals surface area (Å²) in [6, 6.07) is 1.93. The van der Waals surface area contributed by atoms with Gasteiger partial charge < -0.3 is 15.6 Å². The fraction of sp³-hybridized carbons (Fsp3) is 0.583. The first kappa shape index (κ1) is 11.0. The maximum absolute atomic E-state index is 12.2. The molecule has 1 fully saturated rings. The van der Waals surface area contributed by atoms with Gasteiger partial charge in [0.15, 0.2) is 0 Å². The summed E-state index contributed by atoms with van der Waals surface area (Å²) in [6.07, 6.45) is 4.16. The predicted octanol–water partition coefficient (Wildman–Crippen LogP) is 1.86. The van der Waals surface area contributed by atoms with Crippen LogP contribution in [0.15, 0.2) is 12.3 Å². The zero-order valence-electron chi connectivity index (χ0n) is 9.86. The van der Waals surface area contributed by atoms with Gasteiger partial charge in [0.25, 0.3) is 5.91 Å². The molecule has 2 rings (SSSR count). The van der Waals surface area contributed by atoms with Crippen LogP contribution in [0.2, 0.25) is 0 Å². The van der Waals surface area contributed by atoms with E-state index >= 15 is 0 Å². The van der Waals surface area contributed by atoms with Gasteiger partial charge >= 0.3 is 0 Å². The predicted molar refractivity (Wildman–Crippen MR) is 64.1 cm³/mol. The summed E-state index contributed by atoms with van der Waals surface area (Å²) in [4.78, 5) is 17.0. The van der Waals surface area contributed by atoms with Gasteiger partial charge in [0.1, 0.15) is 5.69 Å². The fourth-order valence-electron chi connectivity index (χ4n) is 1.80. The molecule has 0 aliphatic heterocycles. The van der Waals surface area contributed by atoms with Crippen LogP contribution >= 0.6 is 0 Å². The number of rotatable bonds is 4. The molecule has 0 saturated heterocycles. The molecule has 0 radical (unpaired) electrons. The molecule has 0 unspecified atom stereocenters. The first-order valence-corrected chi connectivity index (χ1v) is 5.82. The molecule has 4 nitrogen and oxygen atoms in total. The topological polar surface area (TPSA) is 62.1 Å². The Labute approximate surface area is 95.8 Å². The minimum absolute atomic E-state index is 0.0543. The second-order valence-corrected chi connectivity index (χ2v) is 4.84. The lowest BCUT2D eigenvalue weighted by atomic mass is 10.2. The Morgan fingerprint density at radius 1 is 1.62 bits per heavy atom. The second kappa shape index (κ2) is 4.20. The highest BCUT2D eigenvalue weighted by atomic mass is 16.2. The van der Waals surface area contributed by atoms with Crippen molar-refractivity contribution in [3.63, 3.8) is 0 Å². The van der Waals surface area contributed by atoms with Gasteiger partial charge in [-0.3, -0.25) is 4.79 Å². The van der Waals surface area contributed by atoms with Gasteiger partial charge in [0, 0.05) is 24.5 Å². The highest BCUT2D eigenvalue weighted by Crippen LogP contribution is 2.30. The lowest BCUT2D eigenvalue weighted by Crippen LogP contribution is -2.38. The van der Waals surface area contributed by atoms with Gasteiger partial charge in [-0.15, -0.1) is 0 Å². The summed E-state index contributed by atoms with van der Waals surface area (Å²) >= 11 is 0. The number of nitrogens with one attached hydrogen (secondary N) is 1. The van der Waals surface area contributed by atoms with Crippen LogP contribution < -0.4 is 5.73 Å². The Morgan fingerprint density at radius 3 is 2.75 bits per heavy atom. The average molecular weight is 221 g/mol. The number of amides is 1. The number of aromatic amines is 1. The largest absolute Gasteiger partial charge is 0.397 e. The summed E-state index contributed by atoms with van der Waals surface area (Å²) in [5, 5.41) is 0. The molecule has 1 aromatic rings. The highest BCUT2D eigenvalue weighted by molar-refractivity contribution is 5.93. The van der Waals surface area contributed by atoms with E-state index in [2.05, 4.69) is 4.98 Å². The van der Waals surface area contributed by atoms with Gasteiger partial charge in [0.2, 0.25) is 0 Å². The molecule has 1 heterocycles. The van der Waals surface area contributed by atoms with Crippen molar-refractivity contribution in [2.45, 2.75) is 32.7 Å². The number of hydrogen-bond donors (Lipinski definition) is 2. The van der Waals surface area contributed by atoms with Crippen molar-refractivity contribution in [1.82, 2.24) is 9.88 Å². The maximum Gasteiger partial charge on any atom is 0.270 e. The van der Waals surface area contributed by atoms with Gasteiger partial charge in [-0.2, -0.15) is 0 Å². The van der Waals surface area contributed by atoms with Crippen molar-refractivity contribution >= 4 is 11.6 Å². The number of nitrogen functional groups attached to an aromatic ring is 1. The molecular weight excluding hydrogens is 202 g/mol. The van der Waals surface area contributed by atoms with Crippen LogP contribution in [0.5, 0.6) is 0 Å². The Hall–Kier alpha value is -1.45. The lowest BCUT2D eigenvalue weighted by Gasteiger charge is -2.26. The monoisotopic (exact) mass is 221 g/mol. The summed E-state index contributed by atoms with van der Waals surface area (Å²) < 4.78 is 0. The molecule has 1 aliphatic carbocycles. The quantitative estimate of drug-likeness (QED) is 0.815. The molecule has 3 N–H and O–H groups in total. The molecule has 88 valence electrons. The third kappa shape index (κ3) is 2.38. The number of hydrogen-bond acceptors (Lipinski definition) is 2. The maximum atomic E-state index is 12.2. The van der Waals surface area contributed by atoms with E-state index in [0.717, 1.165) is 6.54 Å². The third-order valence-corrected chi connectivity index (χ3v) is 2.97. The molecule has 4 heteroatoms. The van der Waals surface area contributed by atoms with E-state index in [4.69, 9.17) is 5.73 Å². The summed E-state index contributed by atoms with van der Waals surface area (Å²) in [6.45, 7) is 4.97. The SMILES string of the molecule is CC(C)N(CC1CC1)C(=O)c1cc(N)c[nH]1. The number of aromatic nitrogens is 1. The lowest BCUT2D eigenvalue weighted by molar-refractivity contribution is 0.0691. The first-order valence-electron chi connectivity index (χ1n) is 5.82. The Kier molecular flexibility index (Phi) is 2.90. The van der Waals surface area contributed by atoms with Crippen LogP contribution in [0.4, 0.5) is 5.69 Å². The molecular formula is C12H19N3O. The molecule has 16 heavy (non-hydrogen) atoms. The number of carbonyl (C=O) groups excluding carboxylic acids is 1. The zero-order valence-corrected chi connectivity index (χ0v) is 9.86. The number of anilines is 1. The number of H-pyrrole nitrogens is 1. The van der Waals surface area contributed by atoms with Crippen LogP contribution in [0.3, 0.4) is 0 Å². The van der Waals surface area contributed by atoms with Crippen molar-refractivity contribution < 1.29 is 4.79 Å². The molecule has 0 spiro atoms.